The van der Waals surface area contributed by atoms with Crippen LogP contribution in [0.3, 0.4) is 0 Å². The minimum Gasteiger partial charge on any atom is -0.341 e. The fraction of sp³-hybridized carbons (Fsp3) is 0.889. The van der Waals surface area contributed by atoms with Crippen LogP contribution < -0.4 is 5.73 Å². The Kier molecular flexibility index (Phi) is 4.20. The number of nitrogens with two attached hydrogens (primary N) is 1. The molecule has 0 aliphatic carbocycles. The van der Waals surface area contributed by atoms with Gasteiger partial charge in [-0.1, -0.05) is 20.8 Å². The molecule has 0 unspecified atom stereocenters. The summed E-state index contributed by atoms with van der Waals surface area (Å²) in [5.74, 6) is 0.218. The van der Waals surface area contributed by atoms with Gasteiger partial charge in [-0.15, -0.1) is 12.4 Å². The highest BCUT2D eigenvalue weighted by Gasteiger charge is 2.31. The molecule has 4 heteroatoms. The molecule has 0 bridgehead atoms. The molecule has 0 aromatic rings. The van der Waals surface area contributed by atoms with Crippen LogP contribution in [0.2, 0.25) is 0 Å². The van der Waals surface area contributed by atoms with Gasteiger partial charge in [0, 0.05) is 24.5 Å². The fourth-order valence-electron chi connectivity index (χ4n) is 1.45. The van der Waals surface area contributed by atoms with Gasteiger partial charge in [0.25, 0.3) is 0 Å². The van der Waals surface area contributed by atoms with E-state index in [9.17, 15) is 4.79 Å². The Hall–Kier alpha value is -0.280. The van der Waals surface area contributed by atoms with Crippen molar-refractivity contribution >= 4 is 18.3 Å². The number of carbonyl (C=O) groups is 1. The molecule has 78 valence electrons. The Balaban J connectivity index is 0.00000144. The molecule has 1 aliphatic rings. The summed E-state index contributed by atoms with van der Waals surface area (Å²) in [4.78, 5) is 13.5. The van der Waals surface area contributed by atoms with Gasteiger partial charge in [0.2, 0.25) is 5.91 Å². The molecule has 3 nitrogen and oxygen atoms in total. The standard InChI is InChI=1S/C9H18N2O.ClH/c1-9(2,3)8(12)11-5-4-7(10)6-11;/h7H,4-6,10H2,1-3H3;1H/t7-;/m0./s1. The maximum atomic E-state index is 11.7. The molecular formula is C9H19ClN2O. The van der Waals surface area contributed by atoms with E-state index >= 15 is 0 Å². The van der Waals surface area contributed by atoms with Crippen molar-refractivity contribution in [1.29, 1.82) is 0 Å². The molecule has 1 aliphatic heterocycles. The lowest BCUT2D eigenvalue weighted by atomic mass is 9.95. The summed E-state index contributed by atoms with van der Waals surface area (Å²) in [5, 5.41) is 0. The number of carbonyl (C=O) groups excluding carboxylic acids is 1. The topological polar surface area (TPSA) is 46.3 Å². The van der Waals surface area contributed by atoms with Crippen molar-refractivity contribution in [2.24, 2.45) is 11.1 Å². The Morgan fingerprint density at radius 1 is 1.46 bits per heavy atom. The number of likely N-dealkylation sites (tertiary alicyclic amines) is 1. The van der Waals surface area contributed by atoms with Gasteiger partial charge < -0.3 is 10.6 Å². The first-order valence-corrected chi connectivity index (χ1v) is 4.46. The van der Waals surface area contributed by atoms with Crippen LogP contribution in [0.4, 0.5) is 0 Å². The second-order valence-corrected chi connectivity index (χ2v) is 4.55. The molecule has 1 amide bonds. The molecule has 1 saturated heterocycles. The summed E-state index contributed by atoms with van der Waals surface area (Å²) in [5.41, 5.74) is 5.45. The number of hydrogen-bond donors (Lipinski definition) is 1. The Labute approximate surface area is 86.1 Å². The van der Waals surface area contributed by atoms with E-state index in [1.165, 1.54) is 0 Å². The third-order valence-corrected chi connectivity index (χ3v) is 2.15. The zero-order valence-electron chi connectivity index (χ0n) is 8.54. The highest BCUT2D eigenvalue weighted by atomic mass is 35.5. The lowest BCUT2D eigenvalue weighted by Crippen LogP contribution is -2.39. The molecule has 13 heavy (non-hydrogen) atoms. The smallest absolute Gasteiger partial charge is 0.228 e. The van der Waals surface area contributed by atoms with E-state index in [2.05, 4.69) is 0 Å². The molecular weight excluding hydrogens is 188 g/mol. The van der Waals surface area contributed by atoms with E-state index < -0.39 is 0 Å². The number of hydrogen-bond acceptors (Lipinski definition) is 2. The molecule has 0 saturated carbocycles. The van der Waals surface area contributed by atoms with Crippen LogP contribution in [0, 0.1) is 5.41 Å². The first-order chi connectivity index (χ1) is 5.41. The predicted molar refractivity (Wildman–Crippen MR) is 55.9 cm³/mol. The van der Waals surface area contributed by atoms with Gasteiger partial charge in [0.15, 0.2) is 0 Å². The minimum atomic E-state index is -0.260. The van der Waals surface area contributed by atoms with E-state index in [1.54, 1.807) is 0 Å². The molecule has 2 N–H and O–H groups in total. The summed E-state index contributed by atoms with van der Waals surface area (Å²) < 4.78 is 0. The maximum absolute atomic E-state index is 11.7. The SMILES string of the molecule is CC(C)(C)C(=O)N1CC[C@H](N)C1.Cl. The average Bonchev–Trinajstić information content (AvgIpc) is 2.32. The van der Waals surface area contributed by atoms with Crippen molar-refractivity contribution in [2.75, 3.05) is 13.1 Å². The van der Waals surface area contributed by atoms with Gasteiger partial charge in [-0.05, 0) is 6.42 Å². The normalized spacial score (nSPS) is 22.8. The summed E-state index contributed by atoms with van der Waals surface area (Å²) in [6.45, 7) is 7.39. The lowest BCUT2D eigenvalue weighted by molar-refractivity contribution is -0.138. The molecule has 1 fully saturated rings. The molecule has 0 spiro atoms. The first-order valence-electron chi connectivity index (χ1n) is 4.46. The third kappa shape index (κ3) is 3.16. The second kappa shape index (κ2) is 4.29. The van der Waals surface area contributed by atoms with E-state index in [1.807, 2.05) is 25.7 Å². The minimum absolute atomic E-state index is 0. The van der Waals surface area contributed by atoms with Crippen LogP contribution in [0.15, 0.2) is 0 Å². The van der Waals surface area contributed by atoms with Crippen molar-refractivity contribution in [3.05, 3.63) is 0 Å². The van der Waals surface area contributed by atoms with Crippen LogP contribution >= 0.6 is 12.4 Å². The van der Waals surface area contributed by atoms with Gasteiger partial charge in [-0.25, -0.2) is 0 Å². The zero-order valence-corrected chi connectivity index (χ0v) is 9.36. The maximum Gasteiger partial charge on any atom is 0.228 e. The Morgan fingerprint density at radius 2 is 2.00 bits per heavy atom. The van der Waals surface area contributed by atoms with Gasteiger partial charge in [0.05, 0.1) is 0 Å². The van der Waals surface area contributed by atoms with Crippen molar-refractivity contribution < 1.29 is 4.79 Å². The predicted octanol–water partition coefficient (Wildman–Crippen LogP) is 1.01. The molecule has 0 aromatic heterocycles. The van der Waals surface area contributed by atoms with E-state index in [-0.39, 0.29) is 29.8 Å². The number of amides is 1. The quantitative estimate of drug-likeness (QED) is 0.643. The fourth-order valence-corrected chi connectivity index (χ4v) is 1.45. The van der Waals surface area contributed by atoms with E-state index in [0.29, 0.717) is 0 Å². The molecule has 0 radical (unpaired) electrons. The zero-order chi connectivity index (χ0) is 9.35. The van der Waals surface area contributed by atoms with Crippen molar-refractivity contribution in [3.8, 4) is 0 Å². The van der Waals surface area contributed by atoms with Crippen LogP contribution in [0.5, 0.6) is 0 Å². The van der Waals surface area contributed by atoms with E-state index in [4.69, 9.17) is 5.73 Å². The third-order valence-electron chi connectivity index (χ3n) is 2.15. The van der Waals surface area contributed by atoms with Crippen LogP contribution in [0.1, 0.15) is 27.2 Å². The van der Waals surface area contributed by atoms with Crippen molar-refractivity contribution in [3.63, 3.8) is 0 Å². The van der Waals surface area contributed by atoms with Crippen LogP contribution in [0.25, 0.3) is 0 Å². The van der Waals surface area contributed by atoms with Gasteiger partial charge >= 0.3 is 0 Å². The molecule has 1 heterocycles. The summed E-state index contributed by atoms with van der Waals surface area (Å²) in [6.07, 6.45) is 0.946. The summed E-state index contributed by atoms with van der Waals surface area (Å²) >= 11 is 0. The average molecular weight is 207 g/mol. The van der Waals surface area contributed by atoms with Crippen molar-refractivity contribution in [1.82, 2.24) is 4.90 Å². The first kappa shape index (κ1) is 12.7. The monoisotopic (exact) mass is 206 g/mol. The Morgan fingerprint density at radius 3 is 2.31 bits per heavy atom. The number of rotatable bonds is 0. The number of halogens is 1. The highest BCUT2D eigenvalue weighted by molar-refractivity contribution is 5.85. The summed E-state index contributed by atoms with van der Waals surface area (Å²) in [7, 11) is 0. The van der Waals surface area contributed by atoms with Crippen LogP contribution in [-0.2, 0) is 4.79 Å². The summed E-state index contributed by atoms with van der Waals surface area (Å²) in [6, 6.07) is 0.191. The van der Waals surface area contributed by atoms with Gasteiger partial charge in [-0.2, -0.15) is 0 Å². The lowest BCUT2D eigenvalue weighted by Gasteiger charge is -2.25. The van der Waals surface area contributed by atoms with Crippen molar-refractivity contribution in [2.45, 2.75) is 33.2 Å². The van der Waals surface area contributed by atoms with Crippen LogP contribution in [-0.4, -0.2) is 29.9 Å². The van der Waals surface area contributed by atoms with Gasteiger partial charge in [-0.3, -0.25) is 4.79 Å². The second-order valence-electron chi connectivity index (χ2n) is 4.55. The molecule has 0 aromatic carbocycles. The molecule has 1 atom stereocenters. The number of nitrogens with zero attached hydrogens (tertiary/aromatic N) is 1. The van der Waals surface area contributed by atoms with E-state index in [0.717, 1.165) is 19.5 Å². The largest absolute Gasteiger partial charge is 0.341 e. The highest BCUT2D eigenvalue weighted by Crippen LogP contribution is 2.20. The molecule has 1 rings (SSSR count). The van der Waals surface area contributed by atoms with Gasteiger partial charge in [0.1, 0.15) is 0 Å². The Bertz CT molecular complexity index is 189.